The Bertz CT molecular complexity index is 1380. The summed E-state index contributed by atoms with van der Waals surface area (Å²) < 4.78 is 45.6. The minimum absolute atomic E-state index is 0.184. The quantitative estimate of drug-likeness (QED) is 0.187. The number of phosphoric acid groups is 2. The molecule has 0 aliphatic carbocycles. The molecule has 4 aromatic carbocycles. The zero-order chi connectivity index (χ0) is 28.3. The molecular weight excluding hydrogens is 538 g/mol. The Balaban J connectivity index is 1.40. The number of aryl methyl sites for hydroxylation is 2. The van der Waals surface area contributed by atoms with Gasteiger partial charge in [0, 0.05) is 5.41 Å². The van der Waals surface area contributed by atoms with Crippen molar-refractivity contribution in [3.05, 3.63) is 119 Å². The largest absolute Gasteiger partial charge is 0.584 e. The van der Waals surface area contributed by atoms with E-state index in [0.29, 0.717) is 0 Å². The van der Waals surface area contributed by atoms with E-state index in [1.807, 2.05) is 27.7 Å². The van der Waals surface area contributed by atoms with E-state index in [4.69, 9.17) is 18.1 Å². The van der Waals surface area contributed by atoms with Crippen molar-refractivity contribution in [3.8, 4) is 23.0 Å². The summed E-state index contributed by atoms with van der Waals surface area (Å²) in [6.07, 6.45) is 0. The molecule has 8 nitrogen and oxygen atoms in total. The van der Waals surface area contributed by atoms with Crippen molar-refractivity contribution in [2.24, 2.45) is 0 Å². The maximum Gasteiger partial charge on any atom is 0.584 e. The number of hydrogen-bond acceptors (Lipinski definition) is 6. The van der Waals surface area contributed by atoms with Crippen molar-refractivity contribution in [2.45, 2.75) is 33.1 Å². The van der Waals surface area contributed by atoms with E-state index < -0.39 is 21.1 Å². The van der Waals surface area contributed by atoms with Gasteiger partial charge in [0.1, 0.15) is 23.0 Å². The molecule has 0 fully saturated rings. The predicted octanol–water partition coefficient (Wildman–Crippen LogP) is 7.75. The Morgan fingerprint density at radius 3 is 0.974 bits per heavy atom. The molecule has 4 rings (SSSR count). The van der Waals surface area contributed by atoms with E-state index in [-0.39, 0.29) is 23.0 Å². The van der Waals surface area contributed by atoms with Crippen LogP contribution in [0.5, 0.6) is 23.0 Å². The van der Waals surface area contributed by atoms with Gasteiger partial charge in [-0.1, -0.05) is 73.5 Å². The van der Waals surface area contributed by atoms with Crippen LogP contribution in [0.3, 0.4) is 0 Å². The molecule has 0 aliphatic heterocycles. The van der Waals surface area contributed by atoms with Crippen molar-refractivity contribution in [3.63, 3.8) is 0 Å². The van der Waals surface area contributed by atoms with Gasteiger partial charge in [0.05, 0.1) is 0 Å². The molecule has 2 N–H and O–H groups in total. The normalized spacial score (nSPS) is 14.5. The summed E-state index contributed by atoms with van der Waals surface area (Å²) in [4.78, 5) is 20.3. The highest BCUT2D eigenvalue weighted by Crippen LogP contribution is 2.46. The van der Waals surface area contributed by atoms with Gasteiger partial charge in [0.2, 0.25) is 0 Å². The first-order valence-corrected chi connectivity index (χ1v) is 15.1. The van der Waals surface area contributed by atoms with Crippen molar-refractivity contribution in [1.82, 2.24) is 0 Å². The number of rotatable bonds is 10. The Morgan fingerprint density at radius 2 is 0.718 bits per heavy atom. The predicted molar refractivity (Wildman–Crippen MR) is 150 cm³/mol. The first-order chi connectivity index (χ1) is 18.3. The Kier molecular flexibility index (Phi) is 8.24. The number of phosphoric ester groups is 2. The summed E-state index contributed by atoms with van der Waals surface area (Å²) in [5.41, 5.74) is 3.34. The van der Waals surface area contributed by atoms with Gasteiger partial charge < -0.3 is 18.1 Å². The molecule has 2 atom stereocenters. The molecule has 10 heteroatoms. The fourth-order valence-corrected chi connectivity index (χ4v) is 5.43. The number of hydrogen-bond donors (Lipinski definition) is 2. The molecular formula is C29H30O8P2. The third kappa shape index (κ3) is 7.75. The van der Waals surface area contributed by atoms with Crippen LogP contribution in [0.15, 0.2) is 97.1 Å². The topological polar surface area (TPSA) is 112 Å². The van der Waals surface area contributed by atoms with Crippen molar-refractivity contribution >= 4 is 15.6 Å². The molecule has 2 unspecified atom stereocenters. The van der Waals surface area contributed by atoms with Crippen LogP contribution in [-0.2, 0) is 14.5 Å². The maximum absolute atomic E-state index is 12.4. The minimum atomic E-state index is -4.38. The number of benzene rings is 4. The van der Waals surface area contributed by atoms with Crippen LogP contribution in [0.1, 0.15) is 36.1 Å². The lowest BCUT2D eigenvalue weighted by Crippen LogP contribution is -2.18. The van der Waals surface area contributed by atoms with E-state index in [9.17, 15) is 18.9 Å². The summed E-state index contributed by atoms with van der Waals surface area (Å²) in [5, 5.41) is 0. The second-order valence-corrected chi connectivity index (χ2v) is 12.2. The first kappa shape index (κ1) is 28.5. The van der Waals surface area contributed by atoms with E-state index in [1.165, 1.54) is 0 Å². The zero-order valence-corrected chi connectivity index (χ0v) is 23.8. The van der Waals surface area contributed by atoms with Crippen LogP contribution >= 0.6 is 15.6 Å². The van der Waals surface area contributed by atoms with E-state index in [0.717, 1.165) is 22.3 Å². The molecule has 0 heterocycles. The molecule has 0 amide bonds. The van der Waals surface area contributed by atoms with Crippen molar-refractivity contribution in [1.29, 1.82) is 0 Å². The van der Waals surface area contributed by atoms with Crippen molar-refractivity contribution < 1.29 is 37.0 Å². The third-order valence-electron chi connectivity index (χ3n) is 6.08. The fourth-order valence-electron chi connectivity index (χ4n) is 3.80. The molecule has 0 spiro atoms. The van der Waals surface area contributed by atoms with Gasteiger partial charge in [-0.25, -0.2) is 9.13 Å². The molecule has 39 heavy (non-hydrogen) atoms. The molecule has 0 bridgehead atoms. The van der Waals surface area contributed by atoms with E-state index in [1.54, 1.807) is 97.1 Å². The van der Waals surface area contributed by atoms with Crippen LogP contribution in [0, 0.1) is 13.8 Å². The van der Waals surface area contributed by atoms with Crippen LogP contribution in [0.25, 0.3) is 0 Å². The Hall–Kier alpha value is -3.54. The van der Waals surface area contributed by atoms with Gasteiger partial charge in [0.25, 0.3) is 0 Å². The average molecular weight is 568 g/mol. The van der Waals surface area contributed by atoms with Gasteiger partial charge in [-0.3, -0.25) is 9.79 Å². The zero-order valence-electron chi connectivity index (χ0n) is 22.0. The summed E-state index contributed by atoms with van der Waals surface area (Å²) in [7, 11) is -8.76. The minimum Gasteiger partial charge on any atom is -0.395 e. The van der Waals surface area contributed by atoms with Gasteiger partial charge in [0.15, 0.2) is 0 Å². The van der Waals surface area contributed by atoms with Crippen LogP contribution in [-0.4, -0.2) is 9.79 Å². The maximum atomic E-state index is 12.4. The molecule has 0 saturated carbocycles. The molecule has 0 radical (unpaired) electrons. The van der Waals surface area contributed by atoms with Gasteiger partial charge in [-0.05, 0) is 73.5 Å². The SMILES string of the molecule is Cc1ccc(OP(=O)(O)Oc2ccc(C(C)(C)c3ccc(OP(=O)(O)Oc4ccc(C)cc4)cc3)cc2)cc1. The van der Waals surface area contributed by atoms with Crippen LogP contribution < -0.4 is 18.1 Å². The molecule has 4 aromatic rings. The lowest BCUT2D eigenvalue weighted by molar-refractivity contribution is 0.289. The van der Waals surface area contributed by atoms with Gasteiger partial charge >= 0.3 is 15.6 Å². The van der Waals surface area contributed by atoms with Gasteiger partial charge in [-0.2, -0.15) is 0 Å². The summed E-state index contributed by atoms with van der Waals surface area (Å²) in [6, 6.07) is 27.0. The fraction of sp³-hybridized carbons (Fsp3) is 0.172. The van der Waals surface area contributed by atoms with E-state index >= 15 is 0 Å². The second-order valence-electron chi connectivity index (χ2n) is 9.60. The second kappa shape index (κ2) is 11.3. The van der Waals surface area contributed by atoms with Crippen LogP contribution in [0.4, 0.5) is 0 Å². The average Bonchev–Trinajstić information content (AvgIpc) is 2.87. The monoisotopic (exact) mass is 568 g/mol. The summed E-state index contributed by atoms with van der Waals surface area (Å²) in [6.45, 7) is 7.82. The first-order valence-electron chi connectivity index (χ1n) is 12.1. The molecule has 0 aromatic heterocycles. The lowest BCUT2D eigenvalue weighted by atomic mass is 9.78. The van der Waals surface area contributed by atoms with Crippen LogP contribution in [0.2, 0.25) is 0 Å². The highest BCUT2D eigenvalue weighted by molar-refractivity contribution is 7.48. The standard InChI is InChI=1S/C29H30O8P2/c1-21-5-13-25(14-6-21)34-38(30,31)36-27-17-9-23(10-18-27)29(3,4)24-11-19-28(20-12-24)37-39(32,33)35-26-15-7-22(2)8-16-26/h5-20H,1-4H3,(H,30,31)(H,32,33). The molecule has 204 valence electrons. The smallest absolute Gasteiger partial charge is 0.395 e. The molecule has 0 aliphatic rings. The Morgan fingerprint density at radius 1 is 0.487 bits per heavy atom. The van der Waals surface area contributed by atoms with E-state index in [2.05, 4.69) is 0 Å². The van der Waals surface area contributed by atoms with Crippen molar-refractivity contribution in [2.75, 3.05) is 0 Å². The summed E-state index contributed by atoms with van der Waals surface area (Å²) >= 11 is 0. The Labute approximate surface area is 228 Å². The molecule has 0 saturated heterocycles. The highest BCUT2D eigenvalue weighted by Gasteiger charge is 2.28. The highest BCUT2D eigenvalue weighted by atomic mass is 31.2. The lowest BCUT2D eigenvalue weighted by Gasteiger charge is -2.26. The summed E-state index contributed by atoms with van der Waals surface area (Å²) in [5.74, 6) is 0.832. The third-order valence-corrected chi connectivity index (χ3v) is 7.84. The van der Waals surface area contributed by atoms with Gasteiger partial charge in [-0.15, -0.1) is 0 Å².